The summed E-state index contributed by atoms with van der Waals surface area (Å²) < 4.78 is 9.94. The highest BCUT2D eigenvalue weighted by Gasteiger charge is 1.99. The van der Waals surface area contributed by atoms with Crippen molar-refractivity contribution >= 4 is 23.2 Å². The lowest BCUT2D eigenvalue weighted by molar-refractivity contribution is 0.352. The summed E-state index contributed by atoms with van der Waals surface area (Å²) in [6, 6.07) is 7.00. The molecule has 0 aliphatic heterocycles. The average molecular weight is 207 g/mol. The van der Waals surface area contributed by atoms with Gasteiger partial charge in [0.2, 0.25) is 5.02 Å². The Bertz CT molecular complexity index is 233. The molecule has 0 atom stereocenters. The van der Waals surface area contributed by atoms with Gasteiger partial charge in [0.05, 0.1) is 7.11 Å². The second-order valence-electron chi connectivity index (χ2n) is 2.05. The van der Waals surface area contributed by atoms with Gasteiger partial charge in [0.25, 0.3) is 0 Å². The highest BCUT2D eigenvalue weighted by Crippen LogP contribution is 2.19. The van der Waals surface area contributed by atoms with E-state index in [1.54, 1.807) is 31.4 Å². The van der Waals surface area contributed by atoms with Gasteiger partial charge >= 0.3 is 0 Å². The molecule has 0 radical (unpaired) electrons. The molecule has 0 aromatic heterocycles. The Morgan fingerprint density at radius 3 is 2.00 bits per heavy atom. The van der Waals surface area contributed by atoms with Crippen molar-refractivity contribution < 1.29 is 9.47 Å². The molecule has 0 aliphatic rings. The molecule has 12 heavy (non-hydrogen) atoms. The van der Waals surface area contributed by atoms with Crippen molar-refractivity contribution in [2.45, 2.75) is 5.02 Å². The van der Waals surface area contributed by atoms with Gasteiger partial charge in [-0.3, -0.25) is 0 Å². The third kappa shape index (κ3) is 2.80. The fraction of sp³-hybridized carbons (Fsp3) is 0.250. The topological polar surface area (TPSA) is 18.5 Å². The van der Waals surface area contributed by atoms with Crippen molar-refractivity contribution in [2.75, 3.05) is 7.11 Å². The summed E-state index contributed by atoms with van der Waals surface area (Å²) in [4.78, 5) is 0. The normalized spacial score (nSPS) is 10.0. The number of halogens is 2. The standard InChI is InChI=1S/C8H8Cl2O2/c1-11-6-2-4-7(5-3-6)12-8(9)10/h2-5,8H,1H3. The molecule has 0 spiro atoms. The molecular weight excluding hydrogens is 199 g/mol. The van der Waals surface area contributed by atoms with Crippen molar-refractivity contribution in [2.24, 2.45) is 0 Å². The molecule has 0 unspecified atom stereocenters. The Morgan fingerprint density at radius 2 is 1.58 bits per heavy atom. The fourth-order valence-electron chi connectivity index (χ4n) is 0.757. The van der Waals surface area contributed by atoms with E-state index in [1.807, 2.05) is 0 Å². The summed E-state index contributed by atoms with van der Waals surface area (Å²) in [5.41, 5.74) is 0. The molecule has 4 heteroatoms. The van der Waals surface area contributed by atoms with E-state index in [0.29, 0.717) is 5.75 Å². The third-order valence-electron chi connectivity index (χ3n) is 1.28. The SMILES string of the molecule is COc1ccc(OC(Cl)Cl)cc1. The largest absolute Gasteiger partial charge is 0.497 e. The van der Waals surface area contributed by atoms with E-state index in [4.69, 9.17) is 32.7 Å². The Morgan fingerprint density at radius 1 is 1.08 bits per heavy atom. The fourth-order valence-corrected chi connectivity index (χ4v) is 0.963. The van der Waals surface area contributed by atoms with Crippen LogP contribution in [0.4, 0.5) is 0 Å². The van der Waals surface area contributed by atoms with Gasteiger partial charge in [-0.2, -0.15) is 0 Å². The summed E-state index contributed by atoms with van der Waals surface area (Å²) in [6.45, 7) is 0. The minimum atomic E-state index is -0.835. The average Bonchev–Trinajstić information content (AvgIpc) is 2.05. The summed E-state index contributed by atoms with van der Waals surface area (Å²) >= 11 is 10.8. The van der Waals surface area contributed by atoms with E-state index in [0.717, 1.165) is 5.75 Å². The first-order valence-electron chi connectivity index (χ1n) is 3.31. The quantitative estimate of drug-likeness (QED) is 0.709. The van der Waals surface area contributed by atoms with Crippen LogP contribution >= 0.6 is 23.2 Å². The highest BCUT2D eigenvalue weighted by atomic mass is 35.5. The van der Waals surface area contributed by atoms with Gasteiger partial charge in [-0.1, -0.05) is 23.2 Å². The van der Waals surface area contributed by atoms with Gasteiger partial charge in [0.1, 0.15) is 11.5 Å². The van der Waals surface area contributed by atoms with Crippen molar-refractivity contribution in [3.8, 4) is 11.5 Å². The zero-order valence-electron chi connectivity index (χ0n) is 6.46. The summed E-state index contributed by atoms with van der Waals surface area (Å²) in [5, 5.41) is -0.835. The molecule has 0 N–H and O–H groups in total. The van der Waals surface area contributed by atoms with Crippen LogP contribution in [-0.4, -0.2) is 12.1 Å². The maximum atomic E-state index is 5.40. The van der Waals surface area contributed by atoms with E-state index >= 15 is 0 Å². The maximum absolute atomic E-state index is 5.40. The molecule has 0 aliphatic carbocycles. The number of hydrogen-bond acceptors (Lipinski definition) is 2. The predicted molar refractivity (Wildman–Crippen MR) is 49.1 cm³/mol. The van der Waals surface area contributed by atoms with Crippen LogP contribution in [0.2, 0.25) is 0 Å². The van der Waals surface area contributed by atoms with Crippen LogP contribution in [-0.2, 0) is 0 Å². The van der Waals surface area contributed by atoms with E-state index in [1.165, 1.54) is 0 Å². The van der Waals surface area contributed by atoms with Crippen LogP contribution in [0.1, 0.15) is 0 Å². The van der Waals surface area contributed by atoms with E-state index in [-0.39, 0.29) is 0 Å². The molecule has 66 valence electrons. The van der Waals surface area contributed by atoms with Crippen LogP contribution in [0.5, 0.6) is 11.5 Å². The molecule has 1 rings (SSSR count). The van der Waals surface area contributed by atoms with Crippen LogP contribution in [0.25, 0.3) is 0 Å². The Labute approximate surface area is 81.0 Å². The van der Waals surface area contributed by atoms with Gasteiger partial charge in [0.15, 0.2) is 0 Å². The lowest BCUT2D eigenvalue weighted by Gasteiger charge is -2.06. The minimum absolute atomic E-state index is 0.616. The summed E-state index contributed by atoms with van der Waals surface area (Å²) in [5.74, 6) is 1.38. The molecule has 0 heterocycles. The number of hydrogen-bond donors (Lipinski definition) is 0. The molecule has 0 saturated carbocycles. The molecule has 2 nitrogen and oxygen atoms in total. The second kappa shape index (κ2) is 4.43. The zero-order chi connectivity index (χ0) is 8.97. The van der Waals surface area contributed by atoms with Gasteiger partial charge in [0, 0.05) is 0 Å². The first-order valence-corrected chi connectivity index (χ1v) is 4.18. The summed E-state index contributed by atoms with van der Waals surface area (Å²) in [6.07, 6.45) is 0. The van der Waals surface area contributed by atoms with Gasteiger partial charge in [-0.25, -0.2) is 0 Å². The molecule has 1 aromatic rings. The first-order chi connectivity index (χ1) is 5.72. The number of rotatable bonds is 3. The van der Waals surface area contributed by atoms with Crippen molar-refractivity contribution in [1.82, 2.24) is 0 Å². The van der Waals surface area contributed by atoms with Gasteiger partial charge < -0.3 is 9.47 Å². The molecular formula is C8H8Cl2O2. The first kappa shape index (κ1) is 9.49. The van der Waals surface area contributed by atoms with E-state index in [9.17, 15) is 0 Å². The second-order valence-corrected chi connectivity index (χ2v) is 3.07. The van der Waals surface area contributed by atoms with Crippen molar-refractivity contribution in [3.05, 3.63) is 24.3 Å². The number of alkyl halides is 2. The number of methoxy groups -OCH3 is 1. The van der Waals surface area contributed by atoms with Crippen LogP contribution in [0, 0.1) is 0 Å². The molecule has 0 bridgehead atoms. The van der Waals surface area contributed by atoms with E-state index < -0.39 is 5.02 Å². The van der Waals surface area contributed by atoms with Gasteiger partial charge in [-0.05, 0) is 24.3 Å². The minimum Gasteiger partial charge on any atom is -0.497 e. The van der Waals surface area contributed by atoms with E-state index in [2.05, 4.69) is 0 Å². The summed E-state index contributed by atoms with van der Waals surface area (Å²) in [7, 11) is 1.60. The zero-order valence-corrected chi connectivity index (χ0v) is 7.97. The number of ether oxygens (including phenoxy) is 2. The lowest BCUT2D eigenvalue weighted by Crippen LogP contribution is -1.98. The molecule has 1 aromatic carbocycles. The van der Waals surface area contributed by atoms with Crippen LogP contribution < -0.4 is 9.47 Å². The van der Waals surface area contributed by atoms with Gasteiger partial charge in [-0.15, -0.1) is 0 Å². The van der Waals surface area contributed by atoms with Crippen molar-refractivity contribution in [1.29, 1.82) is 0 Å². The Hall–Kier alpha value is -0.600. The monoisotopic (exact) mass is 206 g/mol. The highest BCUT2D eigenvalue weighted by molar-refractivity contribution is 6.43. The predicted octanol–water partition coefficient (Wildman–Crippen LogP) is 2.84. The maximum Gasteiger partial charge on any atom is 0.247 e. The van der Waals surface area contributed by atoms with Crippen LogP contribution in [0.3, 0.4) is 0 Å². The Balaban J connectivity index is 2.65. The molecule has 0 fully saturated rings. The Kier molecular flexibility index (Phi) is 3.50. The smallest absolute Gasteiger partial charge is 0.247 e. The molecule has 0 amide bonds. The third-order valence-corrected chi connectivity index (χ3v) is 1.46. The van der Waals surface area contributed by atoms with Crippen molar-refractivity contribution in [3.63, 3.8) is 0 Å². The van der Waals surface area contributed by atoms with Crippen LogP contribution in [0.15, 0.2) is 24.3 Å². The lowest BCUT2D eigenvalue weighted by atomic mass is 10.3. The number of benzene rings is 1. The molecule has 0 saturated heterocycles.